The molecule has 0 amide bonds. The highest BCUT2D eigenvalue weighted by atomic mass is 16.1. The largest absolute Gasteiger partial charge is 0.387 e. The average molecular weight is 192 g/mol. The fraction of sp³-hybridized carbons (Fsp3) is 0.636. The lowest BCUT2D eigenvalue weighted by atomic mass is 9.71. The number of nitriles is 1. The Hall–Kier alpha value is -1.30. The zero-order valence-electron chi connectivity index (χ0n) is 8.92. The van der Waals surface area contributed by atoms with Gasteiger partial charge in [-0.05, 0) is 12.3 Å². The molecule has 0 saturated carbocycles. The molecule has 76 valence electrons. The standard InChI is InChI=1S/C11H16N2O/c1-4-13-10-5-8(14)6-11(2,3)9(10)7-12/h5,9,13H,4,6H2,1-3H3. The minimum Gasteiger partial charge on any atom is -0.387 e. The summed E-state index contributed by atoms with van der Waals surface area (Å²) in [7, 11) is 0. The molecule has 1 N–H and O–H groups in total. The zero-order chi connectivity index (χ0) is 10.8. The minimum atomic E-state index is -0.252. The van der Waals surface area contributed by atoms with Crippen LogP contribution in [0.5, 0.6) is 0 Å². The van der Waals surface area contributed by atoms with Crippen LogP contribution in [0, 0.1) is 22.7 Å². The van der Waals surface area contributed by atoms with Crippen molar-refractivity contribution in [1.82, 2.24) is 5.32 Å². The Labute approximate surface area is 84.8 Å². The van der Waals surface area contributed by atoms with Gasteiger partial charge in [0, 0.05) is 24.7 Å². The van der Waals surface area contributed by atoms with Crippen molar-refractivity contribution in [3.8, 4) is 6.07 Å². The number of carbonyl (C=O) groups excluding carboxylic acids is 1. The Morgan fingerprint density at radius 1 is 1.71 bits per heavy atom. The Bertz CT molecular complexity index is 310. The first-order valence-electron chi connectivity index (χ1n) is 4.89. The molecular formula is C11H16N2O. The molecule has 0 heterocycles. The lowest BCUT2D eigenvalue weighted by Crippen LogP contribution is -2.36. The second kappa shape index (κ2) is 3.83. The third kappa shape index (κ3) is 1.95. The smallest absolute Gasteiger partial charge is 0.158 e. The molecule has 1 unspecified atom stereocenters. The molecule has 0 aromatic heterocycles. The summed E-state index contributed by atoms with van der Waals surface area (Å²) in [6.07, 6.45) is 2.03. The minimum absolute atomic E-state index is 0.109. The van der Waals surface area contributed by atoms with Crippen molar-refractivity contribution in [3.05, 3.63) is 11.8 Å². The van der Waals surface area contributed by atoms with Crippen LogP contribution >= 0.6 is 0 Å². The van der Waals surface area contributed by atoms with Crippen LogP contribution in [0.15, 0.2) is 11.8 Å². The molecule has 0 aliphatic heterocycles. The summed E-state index contributed by atoms with van der Waals surface area (Å²) in [4.78, 5) is 11.4. The van der Waals surface area contributed by atoms with Crippen molar-refractivity contribution < 1.29 is 4.79 Å². The van der Waals surface area contributed by atoms with Gasteiger partial charge in [-0.15, -0.1) is 0 Å². The predicted octanol–water partition coefficient (Wildman–Crippen LogP) is 1.62. The van der Waals surface area contributed by atoms with E-state index in [9.17, 15) is 4.79 Å². The second-order valence-electron chi connectivity index (χ2n) is 4.32. The fourth-order valence-electron chi connectivity index (χ4n) is 1.88. The van der Waals surface area contributed by atoms with Gasteiger partial charge in [0.05, 0.1) is 12.0 Å². The molecule has 0 aromatic carbocycles. The van der Waals surface area contributed by atoms with E-state index in [1.807, 2.05) is 20.8 Å². The molecule has 14 heavy (non-hydrogen) atoms. The monoisotopic (exact) mass is 192 g/mol. The quantitative estimate of drug-likeness (QED) is 0.723. The molecule has 0 aromatic rings. The van der Waals surface area contributed by atoms with Crippen molar-refractivity contribution in [2.45, 2.75) is 27.2 Å². The lowest BCUT2D eigenvalue weighted by Gasteiger charge is -2.34. The summed E-state index contributed by atoms with van der Waals surface area (Å²) >= 11 is 0. The maximum absolute atomic E-state index is 11.4. The Morgan fingerprint density at radius 2 is 2.36 bits per heavy atom. The van der Waals surface area contributed by atoms with Crippen molar-refractivity contribution in [3.63, 3.8) is 0 Å². The van der Waals surface area contributed by atoms with E-state index >= 15 is 0 Å². The first-order valence-corrected chi connectivity index (χ1v) is 4.89. The SMILES string of the molecule is CCNC1=CC(=O)CC(C)(C)C1C#N. The third-order valence-electron chi connectivity index (χ3n) is 2.55. The normalized spacial score (nSPS) is 25.1. The first-order chi connectivity index (χ1) is 6.51. The van der Waals surface area contributed by atoms with Crippen LogP contribution in [0.1, 0.15) is 27.2 Å². The van der Waals surface area contributed by atoms with E-state index in [1.165, 1.54) is 0 Å². The van der Waals surface area contributed by atoms with Gasteiger partial charge in [0.15, 0.2) is 5.78 Å². The van der Waals surface area contributed by atoms with Crippen LogP contribution in [0.2, 0.25) is 0 Å². The van der Waals surface area contributed by atoms with Crippen LogP contribution in [0.3, 0.4) is 0 Å². The van der Waals surface area contributed by atoms with Crippen LogP contribution < -0.4 is 5.32 Å². The number of hydrogen-bond donors (Lipinski definition) is 1. The molecule has 1 atom stereocenters. The summed E-state index contributed by atoms with van der Waals surface area (Å²) in [5.41, 5.74) is 0.522. The van der Waals surface area contributed by atoms with Gasteiger partial charge in [-0.25, -0.2) is 0 Å². The van der Waals surface area contributed by atoms with Crippen molar-refractivity contribution in [1.29, 1.82) is 5.26 Å². The molecule has 1 rings (SSSR count). The summed E-state index contributed by atoms with van der Waals surface area (Å²) < 4.78 is 0. The van der Waals surface area contributed by atoms with E-state index in [4.69, 9.17) is 5.26 Å². The van der Waals surface area contributed by atoms with Gasteiger partial charge < -0.3 is 5.32 Å². The lowest BCUT2D eigenvalue weighted by molar-refractivity contribution is -0.117. The maximum atomic E-state index is 11.4. The zero-order valence-corrected chi connectivity index (χ0v) is 8.92. The highest BCUT2D eigenvalue weighted by molar-refractivity contribution is 5.92. The van der Waals surface area contributed by atoms with E-state index in [2.05, 4.69) is 11.4 Å². The summed E-state index contributed by atoms with van der Waals surface area (Å²) in [6.45, 7) is 6.63. The van der Waals surface area contributed by atoms with Gasteiger partial charge in [0.2, 0.25) is 0 Å². The number of nitrogens with zero attached hydrogens (tertiary/aromatic N) is 1. The molecule has 3 nitrogen and oxygen atoms in total. The van der Waals surface area contributed by atoms with Gasteiger partial charge in [0.1, 0.15) is 0 Å². The van der Waals surface area contributed by atoms with Crippen molar-refractivity contribution >= 4 is 5.78 Å². The highest BCUT2D eigenvalue weighted by Crippen LogP contribution is 2.38. The highest BCUT2D eigenvalue weighted by Gasteiger charge is 2.37. The number of allylic oxidation sites excluding steroid dienone is 2. The molecule has 3 heteroatoms. The van der Waals surface area contributed by atoms with Gasteiger partial charge in [-0.1, -0.05) is 13.8 Å². The Kier molecular flexibility index (Phi) is 2.95. The molecule has 0 radical (unpaired) electrons. The Morgan fingerprint density at radius 3 is 2.86 bits per heavy atom. The average Bonchev–Trinajstić information content (AvgIpc) is 2.01. The molecule has 0 fully saturated rings. The summed E-state index contributed by atoms with van der Waals surface area (Å²) in [6, 6.07) is 2.27. The Balaban J connectivity index is 3.01. The van der Waals surface area contributed by atoms with E-state index in [0.717, 1.165) is 12.2 Å². The van der Waals surface area contributed by atoms with Crippen LogP contribution in [-0.4, -0.2) is 12.3 Å². The number of hydrogen-bond acceptors (Lipinski definition) is 3. The second-order valence-corrected chi connectivity index (χ2v) is 4.32. The molecule has 1 aliphatic rings. The molecule has 0 spiro atoms. The van der Waals surface area contributed by atoms with E-state index in [0.29, 0.717) is 6.42 Å². The number of ketones is 1. The van der Waals surface area contributed by atoms with Gasteiger partial charge >= 0.3 is 0 Å². The molecule has 0 bridgehead atoms. The molecular weight excluding hydrogens is 176 g/mol. The van der Waals surface area contributed by atoms with Crippen molar-refractivity contribution in [2.75, 3.05) is 6.54 Å². The fourth-order valence-corrected chi connectivity index (χ4v) is 1.88. The van der Waals surface area contributed by atoms with E-state index < -0.39 is 0 Å². The van der Waals surface area contributed by atoms with Gasteiger partial charge in [-0.2, -0.15) is 5.26 Å². The molecule has 0 saturated heterocycles. The van der Waals surface area contributed by atoms with Crippen LogP contribution in [0.25, 0.3) is 0 Å². The summed E-state index contributed by atoms with van der Waals surface area (Å²) in [5.74, 6) is -0.0856. The van der Waals surface area contributed by atoms with Crippen LogP contribution in [0.4, 0.5) is 0 Å². The predicted molar refractivity (Wildman–Crippen MR) is 54.3 cm³/mol. The first kappa shape index (κ1) is 10.8. The number of nitrogens with one attached hydrogen (secondary N) is 1. The third-order valence-corrected chi connectivity index (χ3v) is 2.55. The maximum Gasteiger partial charge on any atom is 0.158 e. The van der Waals surface area contributed by atoms with Crippen molar-refractivity contribution in [2.24, 2.45) is 11.3 Å². The molecule has 1 aliphatic carbocycles. The summed E-state index contributed by atoms with van der Waals surface area (Å²) in [5, 5.41) is 12.2. The van der Waals surface area contributed by atoms with Crippen LogP contribution in [-0.2, 0) is 4.79 Å². The number of rotatable bonds is 2. The van der Waals surface area contributed by atoms with Gasteiger partial charge in [-0.3, -0.25) is 4.79 Å². The number of carbonyl (C=O) groups is 1. The van der Waals surface area contributed by atoms with E-state index in [-0.39, 0.29) is 17.1 Å². The van der Waals surface area contributed by atoms with Gasteiger partial charge in [0.25, 0.3) is 0 Å². The topological polar surface area (TPSA) is 52.9 Å². The van der Waals surface area contributed by atoms with E-state index in [1.54, 1.807) is 6.08 Å².